The van der Waals surface area contributed by atoms with E-state index in [0.29, 0.717) is 18.2 Å². The monoisotopic (exact) mass is 482 g/mol. The van der Waals surface area contributed by atoms with E-state index in [2.05, 4.69) is 0 Å². The van der Waals surface area contributed by atoms with Crippen molar-refractivity contribution in [3.8, 4) is 0 Å². The molecule has 2 aromatic rings. The molecular weight excluding hydrogens is 478 g/mol. The van der Waals surface area contributed by atoms with Gasteiger partial charge in [0.25, 0.3) is 0 Å². The summed E-state index contributed by atoms with van der Waals surface area (Å²) in [6.45, 7) is 0. The first-order chi connectivity index (χ1) is 9.80. The Morgan fingerprint density at radius 3 is 1.44 bits per heavy atom. The van der Waals surface area contributed by atoms with Gasteiger partial charge in [-0.2, -0.15) is 0 Å². The van der Waals surface area contributed by atoms with Gasteiger partial charge in [0.05, 0.1) is 14.7 Å². The summed E-state index contributed by atoms with van der Waals surface area (Å²) in [7, 11) is -15.1. The van der Waals surface area contributed by atoms with Gasteiger partial charge in [-0.1, -0.05) is 6.07 Å². The van der Waals surface area contributed by atoms with Crippen molar-refractivity contribution in [3.63, 3.8) is 0 Å². The zero-order chi connectivity index (χ0) is 16.9. The van der Waals surface area contributed by atoms with Crippen molar-refractivity contribution in [2.24, 2.45) is 0 Å². The fourth-order valence-corrected chi connectivity index (χ4v) is 3.63. The molecule has 0 aromatic heterocycles. The summed E-state index contributed by atoms with van der Waals surface area (Å²) < 4.78 is 99.3. The quantitative estimate of drug-likeness (QED) is 0.304. The molecule has 0 fully saturated rings. The Morgan fingerprint density at radius 2 is 1.04 bits per heavy atom. The van der Waals surface area contributed by atoms with Gasteiger partial charge in [0.2, 0.25) is 0 Å². The van der Waals surface area contributed by atoms with E-state index in [1.165, 1.54) is 0 Å². The fraction of sp³-hybridized carbons (Fsp3) is 0. The van der Waals surface area contributed by atoms with Crippen molar-refractivity contribution < 1.29 is 193 Å². The summed E-state index contributed by atoms with van der Waals surface area (Å²) >= 11 is 0. The van der Waals surface area contributed by atoms with Crippen LogP contribution in [0.3, 0.4) is 0 Å². The van der Waals surface area contributed by atoms with E-state index in [1.54, 1.807) is 0 Å². The van der Waals surface area contributed by atoms with Gasteiger partial charge in [0.15, 0.2) is 0 Å². The first kappa shape index (κ1) is 30.5. The van der Waals surface area contributed by atoms with Crippen LogP contribution in [0.1, 0.15) is 0 Å². The normalized spacial score (nSPS) is 11.8. The fourth-order valence-electron chi connectivity index (χ4n) is 1.79. The summed E-state index contributed by atoms with van der Waals surface area (Å²) in [4.78, 5) is -2.81. The van der Waals surface area contributed by atoms with Gasteiger partial charge in [-0.3, -0.25) is 0 Å². The first-order valence-electron chi connectivity index (χ1n) is 5.26. The van der Waals surface area contributed by atoms with Gasteiger partial charge in [0.1, 0.15) is 30.4 Å². The predicted octanol–water partition coefficient (Wildman–Crippen LogP) is -9.44. The van der Waals surface area contributed by atoms with Crippen molar-refractivity contribution in [3.05, 3.63) is 30.3 Å². The molecule has 0 saturated carbocycles. The van der Waals surface area contributed by atoms with Crippen molar-refractivity contribution in [2.45, 2.75) is 14.7 Å². The second-order valence-electron chi connectivity index (χ2n) is 4.17. The van der Waals surface area contributed by atoms with Crippen LogP contribution < -0.4 is 154 Å². The van der Waals surface area contributed by atoms with Crippen LogP contribution in [0.25, 0.3) is 10.8 Å². The molecule has 0 unspecified atom stereocenters. The molecule has 0 aliphatic heterocycles. The second-order valence-corrected chi connectivity index (χ2v) is 8.27. The van der Waals surface area contributed by atoms with Crippen LogP contribution in [0.2, 0.25) is 0 Å². The maximum Gasteiger partial charge on any atom is 1.00 e. The van der Waals surface area contributed by atoms with Crippen LogP contribution in [0, 0.1) is 0 Å². The number of benzene rings is 2. The van der Waals surface area contributed by atoms with Crippen LogP contribution in [0.15, 0.2) is 45.0 Å². The molecule has 120 valence electrons. The molecule has 0 saturated heterocycles. The third-order valence-corrected chi connectivity index (χ3v) is 5.23. The Bertz CT molecular complexity index is 1090. The zero-order valence-electron chi connectivity index (χ0n) is 13.3. The first-order valence-corrected chi connectivity index (χ1v) is 9.48. The summed E-state index contributed by atoms with van der Waals surface area (Å²) in [5, 5.41) is -0.668. The number of rotatable bonds is 3. The minimum atomic E-state index is -5.14. The Kier molecular flexibility index (Phi) is 13.6. The minimum absolute atomic E-state index is 0. The molecular formula is C10H5K3O9S3. The third kappa shape index (κ3) is 8.17. The van der Waals surface area contributed by atoms with E-state index in [-0.39, 0.29) is 165 Å². The molecule has 0 N–H and O–H groups in total. The SMILES string of the molecule is O=S(=O)([O-])c1ccc2c(S(=O)(=O)[O-])cc(S(=O)(=O)[O-])cc2c1.[K+].[K+].[K+]. The largest absolute Gasteiger partial charge is 1.00 e. The van der Waals surface area contributed by atoms with E-state index in [0.717, 1.165) is 12.1 Å². The van der Waals surface area contributed by atoms with Crippen molar-refractivity contribution in [2.75, 3.05) is 0 Å². The summed E-state index contributed by atoms with van der Waals surface area (Å²) in [5.41, 5.74) is 0. The van der Waals surface area contributed by atoms with Gasteiger partial charge in [0, 0.05) is 0 Å². The minimum Gasteiger partial charge on any atom is -0.744 e. The van der Waals surface area contributed by atoms with Crippen LogP contribution in [0.4, 0.5) is 0 Å². The molecule has 0 aliphatic rings. The molecule has 0 bridgehead atoms. The maximum atomic E-state index is 11.2. The Hall–Kier alpha value is 3.34. The topological polar surface area (TPSA) is 172 Å². The Labute approximate surface area is 272 Å². The molecule has 0 atom stereocenters. The standard InChI is InChI=1S/C10H8O9S3.3K/c11-20(12,13)7-1-2-9-6(3-7)4-8(21(14,15)16)5-10(9)22(17,18)19;;;/h1-5H,(H,11,12,13)(H,14,15,16)(H,17,18,19);;;/q;3*+1/p-3. The van der Waals surface area contributed by atoms with Crippen LogP contribution in [-0.4, -0.2) is 38.9 Å². The average molecular weight is 483 g/mol. The van der Waals surface area contributed by atoms with Gasteiger partial charge in [-0.25, -0.2) is 25.3 Å². The van der Waals surface area contributed by atoms with E-state index >= 15 is 0 Å². The molecule has 2 aromatic carbocycles. The molecule has 0 heterocycles. The molecule has 0 amide bonds. The molecule has 0 spiro atoms. The predicted molar refractivity (Wildman–Crippen MR) is 67.8 cm³/mol. The van der Waals surface area contributed by atoms with E-state index in [4.69, 9.17) is 0 Å². The summed E-state index contributed by atoms with van der Waals surface area (Å²) in [5.74, 6) is 0. The van der Waals surface area contributed by atoms with Gasteiger partial charge >= 0.3 is 154 Å². The van der Waals surface area contributed by atoms with Gasteiger partial charge in [-0.05, 0) is 35.0 Å². The molecule has 25 heavy (non-hydrogen) atoms. The van der Waals surface area contributed by atoms with Crippen molar-refractivity contribution in [1.29, 1.82) is 0 Å². The van der Waals surface area contributed by atoms with Crippen LogP contribution in [0.5, 0.6) is 0 Å². The molecule has 2 rings (SSSR count). The average Bonchev–Trinajstić information content (AvgIpc) is 2.33. The van der Waals surface area contributed by atoms with E-state index in [9.17, 15) is 38.9 Å². The summed E-state index contributed by atoms with van der Waals surface area (Å²) in [6, 6.07) is 3.39. The molecule has 9 nitrogen and oxygen atoms in total. The van der Waals surface area contributed by atoms with Gasteiger partial charge in [-0.15, -0.1) is 0 Å². The van der Waals surface area contributed by atoms with E-state index < -0.39 is 45.0 Å². The Balaban J connectivity index is 0. The Morgan fingerprint density at radius 1 is 0.600 bits per heavy atom. The van der Waals surface area contributed by atoms with Crippen LogP contribution >= 0.6 is 0 Å². The van der Waals surface area contributed by atoms with Gasteiger partial charge < -0.3 is 13.7 Å². The van der Waals surface area contributed by atoms with Crippen molar-refractivity contribution >= 4 is 41.1 Å². The second kappa shape index (κ2) is 11.1. The van der Waals surface area contributed by atoms with Crippen LogP contribution in [-0.2, 0) is 30.4 Å². The molecule has 15 heteroatoms. The van der Waals surface area contributed by atoms with E-state index in [1.807, 2.05) is 0 Å². The van der Waals surface area contributed by atoms with Crippen molar-refractivity contribution in [1.82, 2.24) is 0 Å². The maximum absolute atomic E-state index is 11.2. The number of fused-ring (bicyclic) bond motifs is 1. The smallest absolute Gasteiger partial charge is 0.744 e. The third-order valence-electron chi connectivity index (χ3n) is 2.71. The molecule has 0 aliphatic carbocycles. The number of hydrogen-bond acceptors (Lipinski definition) is 9. The summed E-state index contributed by atoms with van der Waals surface area (Å²) in [6.07, 6.45) is 0. The zero-order valence-corrected chi connectivity index (χ0v) is 25.1. The molecule has 0 radical (unpaired) electrons. The number of hydrogen-bond donors (Lipinski definition) is 0.